The molecule has 23 heavy (non-hydrogen) atoms. The van der Waals surface area contributed by atoms with Crippen LogP contribution in [0.2, 0.25) is 18.1 Å². The van der Waals surface area contributed by atoms with Gasteiger partial charge in [0.05, 0.1) is 21.8 Å². The van der Waals surface area contributed by atoms with Crippen LogP contribution in [0.25, 0.3) is 0 Å². The molecule has 0 fully saturated rings. The number of aliphatic hydroxyl groups is 1. The minimum atomic E-state index is -3.43. The van der Waals surface area contributed by atoms with Crippen molar-refractivity contribution < 1.29 is 22.5 Å². The number of rotatable bonds is 7. The topological polar surface area (TPSA) is 58.6 Å². The van der Waals surface area contributed by atoms with Crippen molar-refractivity contribution in [1.29, 1.82) is 0 Å². The second kappa shape index (κ2) is 7.55. The molecular formula is C15H33F2NO3SSi. The van der Waals surface area contributed by atoms with Crippen molar-refractivity contribution in [2.24, 2.45) is 0 Å². The molecule has 3 atom stereocenters. The Hall–Kier alpha value is 0.107. The van der Waals surface area contributed by atoms with Gasteiger partial charge in [0.15, 0.2) is 8.32 Å². The summed E-state index contributed by atoms with van der Waals surface area (Å²) in [6.07, 6.45) is -0.885. The van der Waals surface area contributed by atoms with Gasteiger partial charge < -0.3 is 9.53 Å². The fourth-order valence-electron chi connectivity index (χ4n) is 1.63. The summed E-state index contributed by atoms with van der Waals surface area (Å²) in [5.41, 5.74) is 0. The van der Waals surface area contributed by atoms with Gasteiger partial charge in [0.1, 0.15) is 12.6 Å². The fourth-order valence-corrected chi connectivity index (χ4v) is 3.99. The second-order valence-corrected chi connectivity index (χ2v) is 15.2. The van der Waals surface area contributed by atoms with Crippen LogP contribution in [0, 0.1) is 0 Å². The van der Waals surface area contributed by atoms with E-state index in [2.05, 4.69) is 4.72 Å². The van der Waals surface area contributed by atoms with E-state index in [0.29, 0.717) is 0 Å². The first-order valence-electron chi connectivity index (χ1n) is 7.80. The standard InChI is InChI=1S/C15H33F2NO3SSi/c1-11(21-23(8,9)14(5,6)7)12(15(16,17)10-19)18-22(20)13(2,3)4/h11-12,18-19H,10H2,1-9H3/t11-,12-,22?/m1/s1. The number of halogens is 2. The van der Waals surface area contributed by atoms with Crippen molar-refractivity contribution in [2.45, 2.75) is 89.4 Å². The number of hydrogen-bond acceptors (Lipinski definition) is 3. The van der Waals surface area contributed by atoms with Crippen molar-refractivity contribution in [3.63, 3.8) is 0 Å². The number of alkyl halides is 2. The quantitative estimate of drug-likeness (QED) is 0.672. The van der Waals surface area contributed by atoms with Crippen LogP contribution in [0.3, 0.4) is 0 Å². The van der Waals surface area contributed by atoms with E-state index in [1.54, 1.807) is 27.7 Å². The molecule has 4 nitrogen and oxygen atoms in total. The van der Waals surface area contributed by atoms with Crippen LogP contribution in [-0.4, -0.2) is 47.1 Å². The number of aliphatic hydroxyl groups excluding tert-OH is 1. The molecule has 0 aliphatic carbocycles. The maximum Gasteiger partial charge on any atom is 0.289 e. The van der Waals surface area contributed by atoms with Crippen LogP contribution in [0.5, 0.6) is 0 Å². The molecule has 0 aromatic carbocycles. The van der Waals surface area contributed by atoms with E-state index >= 15 is 0 Å². The van der Waals surface area contributed by atoms with E-state index in [4.69, 9.17) is 9.53 Å². The van der Waals surface area contributed by atoms with E-state index in [9.17, 15) is 13.0 Å². The fraction of sp³-hybridized carbons (Fsp3) is 1.00. The van der Waals surface area contributed by atoms with Gasteiger partial charge in [-0.1, -0.05) is 20.8 Å². The molecule has 2 N–H and O–H groups in total. The molecule has 0 spiro atoms. The van der Waals surface area contributed by atoms with Crippen molar-refractivity contribution in [3.8, 4) is 0 Å². The van der Waals surface area contributed by atoms with Gasteiger partial charge in [-0.05, 0) is 45.8 Å². The minimum Gasteiger partial charge on any atom is -0.412 e. The summed E-state index contributed by atoms with van der Waals surface area (Å²) in [7, 11) is -3.96. The van der Waals surface area contributed by atoms with Crippen LogP contribution < -0.4 is 4.72 Å². The highest BCUT2D eigenvalue weighted by atomic mass is 32.2. The lowest BCUT2D eigenvalue weighted by molar-refractivity contribution is -0.0977. The average Bonchev–Trinajstić information content (AvgIpc) is 2.31. The first-order valence-corrected chi connectivity index (χ1v) is 11.9. The molecule has 0 heterocycles. The smallest absolute Gasteiger partial charge is 0.289 e. The first kappa shape index (κ1) is 23.1. The molecule has 0 aliphatic heterocycles. The van der Waals surface area contributed by atoms with E-state index in [-0.39, 0.29) is 5.04 Å². The van der Waals surface area contributed by atoms with Crippen LogP contribution in [-0.2, 0) is 15.4 Å². The summed E-state index contributed by atoms with van der Waals surface area (Å²) < 4.78 is 48.4. The van der Waals surface area contributed by atoms with Gasteiger partial charge in [0.2, 0.25) is 0 Å². The molecule has 0 saturated carbocycles. The summed E-state index contributed by atoms with van der Waals surface area (Å²) in [6, 6.07) is -1.53. The zero-order valence-electron chi connectivity index (χ0n) is 15.8. The molecule has 0 aromatic heterocycles. The van der Waals surface area contributed by atoms with Gasteiger partial charge in [-0.15, -0.1) is 0 Å². The maximum atomic E-state index is 14.2. The van der Waals surface area contributed by atoms with Gasteiger partial charge in [0.25, 0.3) is 5.92 Å². The van der Waals surface area contributed by atoms with Gasteiger partial charge in [-0.25, -0.2) is 17.7 Å². The number of hydrogen-bond donors (Lipinski definition) is 2. The molecule has 0 saturated heterocycles. The molecular weight excluding hydrogens is 340 g/mol. The summed E-state index contributed by atoms with van der Waals surface area (Å²) in [5.74, 6) is -3.43. The molecule has 140 valence electrons. The maximum absolute atomic E-state index is 14.2. The Bertz CT molecular complexity index is 420. The third-order valence-corrected chi connectivity index (χ3v) is 10.4. The Balaban J connectivity index is 5.43. The SMILES string of the molecule is C[C@@H](O[Si](C)(C)C(C)(C)C)[C@@H](NS(=O)C(C)(C)C)C(F)(F)CO. The van der Waals surface area contributed by atoms with Crippen molar-refractivity contribution in [1.82, 2.24) is 4.72 Å². The van der Waals surface area contributed by atoms with Crippen LogP contribution in [0.15, 0.2) is 0 Å². The lowest BCUT2D eigenvalue weighted by atomic mass is 10.1. The highest BCUT2D eigenvalue weighted by Crippen LogP contribution is 2.38. The van der Waals surface area contributed by atoms with Gasteiger partial charge in [0, 0.05) is 0 Å². The molecule has 0 radical (unpaired) electrons. The first-order chi connectivity index (χ1) is 9.95. The zero-order chi connectivity index (χ0) is 18.9. The Kier molecular flexibility index (Phi) is 7.59. The normalized spacial score (nSPS) is 18.6. The Morgan fingerprint density at radius 3 is 1.91 bits per heavy atom. The zero-order valence-corrected chi connectivity index (χ0v) is 17.6. The second-order valence-electron chi connectivity index (χ2n) is 8.48. The lowest BCUT2D eigenvalue weighted by Crippen LogP contribution is -2.59. The molecule has 0 rings (SSSR count). The molecule has 0 aliphatic rings. The monoisotopic (exact) mass is 373 g/mol. The minimum absolute atomic E-state index is 0.135. The van der Waals surface area contributed by atoms with Crippen molar-refractivity contribution >= 4 is 19.3 Å². The third-order valence-electron chi connectivity index (χ3n) is 4.21. The lowest BCUT2D eigenvalue weighted by Gasteiger charge is -2.42. The van der Waals surface area contributed by atoms with Gasteiger partial charge in [-0.2, -0.15) is 0 Å². The van der Waals surface area contributed by atoms with E-state index in [1.165, 1.54) is 0 Å². The third kappa shape index (κ3) is 6.49. The van der Waals surface area contributed by atoms with E-state index in [1.807, 2.05) is 33.9 Å². The Morgan fingerprint density at radius 1 is 1.17 bits per heavy atom. The predicted octanol–water partition coefficient (Wildman–Crippen LogP) is 3.44. The predicted molar refractivity (Wildman–Crippen MR) is 94.6 cm³/mol. The van der Waals surface area contributed by atoms with Crippen molar-refractivity contribution in [2.75, 3.05) is 6.61 Å². The molecule has 0 bridgehead atoms. The molecule has 8 heteroatoms. The highest BCUT2D eigenvalue weighted by molar-refractivity contribution is 7.84. The summed E-state index contributed by atoms with van der Waals surface area (Å²) >= 11 is 0. The molecule has 0 amide bonds. The Morgan fingerprint density at radius 2 is 1.61 bits per heavy atom. The van der Waals surface area contributed by atoms with Gasteiger partial charge >= 0.3 is 0 Å². The molecule has 1 unspecified atom stereocenters. The average molecular weight is 374 g/mol. The van der Waals surface area contributed by atoms with Crippen LogP contribution in [0.4, 0.5) is 8.78 Å². The summed E-state index contributed by atoms with van der Waals surface area (Å²) in [5, 5.41) is 8.92. The van der Waals surface area contributed by atoms with Crippen LogP contribution >= 0.6 is 0 Å². The van der Waals surface area contributed by atoms with Gasteiger partial charge in [-0.3, -0.25) is 0 Å². The highest BCUT2D eigenvalue weighted by Gasteiger charge is 2.48. The van der Waals surface area contributed by atoms with E-state index < -0.39 is 48.7 Å². The van der Waals surface area contributed by atoms with E-state index in [0.717, 1.165) is 0 Å². The summed E-state index contributed by atoms with van der Waals surface area (Å²) in [6.45, 7) is 15.3. The number of nitrogens with one attached hydrogen (secondary N) is 1. The van der Waals surface area contributed by atoms with Crippen molar-refractivity contribution in [3.05, 3.63) is 0 Å². The van der Waals surface area contributed by atoms with Crippen LogP contribution in [0.1, 0.15) is 48.5 Å². The summed E-state index contributed by atoms with van der Waals surface area (Å²) in [4.78, 5) is 0. The Labute approximate surface area is 143 Å². The largest absolute Gasteiger partial charge is 0.412 e. The molecule has 0 aromatic rings.